The SMILES string of the molecule is C=C(N=C(C)c1ccccc1)C(/C=C(\C)C1=CC(C)=C(c2ccccc2C)C1)=C/C. The number of allylic oxidation sites excluding steroid dienone is 7. The quantitative estimate of drug-likeness (QED) is 0.348. The second kappa shape index (κ2) is 9.54. The molecule has 152 valence electrons. The van der Waals surface area contributed by atoms with Crippen molar-refractivity contribution >= 4 is 11.3 Å². The minimum Gasteiger partial charge on any atom is -0.253 e. The summed E-state index contributed by atoms with van der Waals surface area (Å²) >= 11 is 0. The molecule has 0 radical (unpaired) electrons. The predicted octanol–water partition coefficient (Wildman–Crippen LogP) is 8.01. The summed E-state index contributed by atoms with van der Waals surface area (Å²) in [5, 5.41) is 0. The van der Waals surface area contributed by atoms with Crippen LogP contribution >= 0.6 is 0 Å². The molecule has 0 aliphatic heterocycles. The summed E-state index contributed by atoms with van der Waals surface area (Å²) in [7, 11) is 0. The molecule has 0 atom stereocenters. The van der Waals surface area contributed by atoms with Gasteiger partial charge in [-0.2, -0.15) is 0 Å². The molecule has 1 nitrogen and oxygen atoms in total. The Bertz CT molecular complexity index is 1100. The van der Waals surface area contributed by atoms with Crippen LogP contribution in [0, 0.1) is 6.92 Å². The van der Waals surface area contributed by atoms with Crippen LogP contribution in [0.15, 0.2) is 112 Å². The van der Waals surface area contributed by atoms with E-state index in [1.54, 1.807) is 0 Å². The number of benzene rings is 2. The van der Waals surface area contributed by atoms with Crippen LogP contribution in [0.2, 0.25) is 0 Å². The lowest BCUT2D eigenvalue weighted by Gasteiger charge is -2.11. The highest BCUT2D eigenvalue weighted by Gasteiger charge is 2.17. The van der Waals surface area contributed by atoms with E-state index in [1.165, 1.54) is 33.4 Å². The van der Waals surface area contributed by atoms with Gasteiger partial charge in [-0.3, -0.25) is 4.99 Å². The first kappa shape index (κ1) is 21.5. The van der Waals surface area contributed by atoms with E-state index in [1.807, 2.05) is 32.0 Å². The van der Waals surface area contributed by atoms with E-state index < -0.39 is 0 Å². The molecule has 0 spiro atoms. The summed E-state index contributed by atoms with van der Waals surface area (Å²) in [5.41, 5.74) is 12.0. The van der Waals surface area contributed by atoms with Crippen molar-refractivity contribution in [3.63, 3.8) is 0 Å². The molecule has 30 heavy (non-hydrogen) atoms. The minimum absolute atomic E-state index is 0.792. The molecule has 0 N–H and O–H groups in total. The third-order valence-electron chi connectivity index (χ3n) is 5.72. The van der Waals surface area contributed by atoms with Crippen LogP contribution in [0.25, 0.3) is 5.57 Å². The molecule has 0 aromatic heterocycles. The molecule has 0 saturated heterocycles. The van der Waals surface area contributed by atoms with E-state index in [2.05, 4.69) is 82.0 Å². The van der Waals surface area contributed by atoms with Gasteiger partial charge in [0.15, 0.2) is 0 Å². The van der Waals surface area contributed by atoms with Gasteiger partial charge in [-0.15, -0.1) is 0 Å². The highest BCUT2D eigenvalue weighted by atomic mass is 14.8. The van der Waals surface area contributed by atoms with Crippen LogP contribution in [0.5, 0.6) is 0 Å². The first-order chi connectivity index (χ1) is 14.4. The van der Waals surface area contributed by atoms with Crippen molar-refractivity contribution in [2.24, 2.45) is 4.99 Å². The van der Waals surface area contributed by atoms with Crippen LogP contribution in [0.3, 0.4) is 0 Å². The monoisotopic (exact) mass is 393 g/mol. The fourth-order valence-corrected chi connectivity index (χ4v) is 3.87. The summed E-state index contributed by atoms with van der Waals surface area (Å²) < 4.78 is 0. The maximum absolute atomic E-state index is 4.77. The lowest BCUT2D eigenvalue weighted by Crippen LogP contribution is -1.96. The summed E-state index contributed by atoms with van der Waals surface area (Å²) in [6.45, 7) is 14.9. The van der Waals surface area contributed by atoms with Crippen LogP contribution in [-0.2, 0) is 0 Å². The van der Waals surface area contributed by atoms with E-state index >= 15 is 0 Å². The van der Waals surface area contributed by atoms with Gasteiger partial charge in [0.1, 0.15) is 0 Å². The molecule has 0 fully saturated rings. The molecule has 2 aromatic rings. The normalized spacial score (nSPS) is 15.5. The number of aryl methyl sites for hydroxylation is 1. The van der Waals surface area contributed by atoms with Gasteiger partial charge in [-0.25, -0.2) is 0 Å². The van der Waals surface area contributed by atoms with Crippen LogP contribution in [-0.4, -0.2) is 5.71 Å². The second-order valence-corrected chi connectivity index (χ2v) is 7.90. The van der Waals surface area contributed by atoms with E-state index in [0.717, 1.165) is 29.0 Å². The van der Waals surface area contributed by atoms with Gasteiger partial charge in [0.25, 0.3) is 0 Å². The zero-order chi connectivity index (χ0) is 21.7. The number of aliphatic imine (C=N–C) groups is 1. The molecule has 1 aliphatic carbocycles. The fourth-order valence-electron chi connectivity index (χ4n) is 3.87. The third kappa shape index (κ3) is 4.86. The number of hydrogen-bond donors (Lipinski definition) is 0. The molecule has 0 heterocycles. The summed E-state index contributed by atoms with van der Waals surface area (Å²) in [5.74, 6) is 0. The molecule has 0 unspecified atom stereocenters. The molecule has 0 bridgehead atoms. The topological polar surface area (TPSA) is 12.4 Å². The van der Waals surface area contributed by atoms with E-state index in [4.69, 9.17) is 4.99 Å². The number of nitrogens with zero attached hydrogens (tertiary/aromatic N) is 1. The first-order valence-corrected chi connectivity index (χ1v) is 10.5. The second-order valence-electron chi connectivity index (χ2n) is 7.90. The highest BCUT2D eigenvalue weighted by Crippen LogP contribution is 2.37. The van der Waals surface area contributed by atoms with Crippen molar-refractivity contribution in [2.45, 2.75) is 41.0 Å². The van der Waals surface area contributed by atoms with Gasteiger partial charge in [0.2, 0.25) is 0 Å². The van der Waals surface area contributed by atoms with Crippen molar-refractivity contribution in [2.75, 3.05) is 0 Å². The Kier molecular flexibility index (Phi) is 6.84. The Balaban J connectivity index is 1.78. The molecule has 1 aliphatic rings. The van der Waals surface area contributed by atoms with Gasteiger partial charge in [0.05, 0.1) is 5.70 Å². The third-order valence-corrected chi connectivity index (χ3v) is 5.72. The van der Waals surface area contributed by atoms with Crippen molar-refractivity contribution in [3.05, 3.63) is 124 Å². The van der Waals surface area contributed by atoms with Crippen LogP contribution in [0.4, 0.5) is 0 Å². The molecule has 0 saturated carbocycles. The average molecular weight is 394 g/mol. The maximum atomic E-state index is 4.77. The van der Waals surface area contributed by atoms with Gasteiger partial charge in [-0.1, -0.05) is 73.3 Å². The Labute approximate surface area is 181 Å². The zero-order valence-corrected chi connectivity index (χ0v) is 18.8. The molecule has 1 heteroatoms. The van der Waals surface area contributed by atoms with E-state index in [-0.39, 0.29) is 0 Å². The van der Waals surface area contributed by atoms with Crippen molar-refractivity contribution in [3.8, 4) is 0 Å². The Hall–Kier alpha value is -3.19. The molecular weight excluding hydrogens is 362 g/mol. The predicted molar refractivity (Wildman–Crippen MR) is 132 cm³/mol. The summed E-state index contributed by atoms with van der Waals surface area (Å²) in [6.07, 6.45) is 7.59. The minimum atomic E-state index is 0.792. The van der Waals surface area contributed by atoms with Crippen molar-refractivity contribution < 1.29 is 0 Å². The van der Waals surface area contributed by atoms with Crippen LogP contribution in [0.1, 0.15) is 50.8 Å². The fraction of sp³-hybridized carbons (Fsp3) is 0.207. The lowest BCUT2D eigenvalue weighted by atomic mass is 9.94. The van der Waals surface area contributed by atoms with Crippen LogP contribution < -0.4 is 0 Å². The molecule has 3 rings (SSSR count). The number of hydrogen-bond acceptors (Lipinski definition) is 1. The zero-order valence-electron chi connectivity index (χ0n) is 18.8. The molecule has 2 aromatic carbocycles. The molecular formula is C29H31N. The van der Waals surface area contributed by atoms with Gasteiger partial charge >= 0.3 is 0 Å². The standard InChI is InChI=1S/C29H31N/c1-7-25(23(5)30-24(6)26-14-9-8-10-15-26)17-21(3)27-18-22(4)29(19-27)28-16-12-11-13-20(28)2/h7-18H,5,19H2,1-4,6H3/b21-17+,25-7+,30-24?. The Morgan fingerprint density at radius 1 is 0.967 bits per heavy atom. The Morgan fingerprint density at radius 2 is 1.63 bits per heavy atom. The van der Waals surface area contributed by atoms with Gasteiger partial charge in [-0.05, 0) is 91.7 Å². The van der Waals surface area contributed by atoms with E-state index in [9.17, 15) is 0 Å². The van der Waals surface area contributed by atoms with Crippen molar-refractivity contribution in [1.82, 2.24) is 0 Å². The van der Waals surface area contributed by atoms with E-state index in [0.29, 0.717) is 0 Å². The lowest BCUT2D eigenvalue weighted by molar-refractivity contribution is 1.22. The maximum Gasteiger partial charge on any atom is 0.0630 e. The first-order valence-electron chi connectivity index (χ1n) is 10.5. The van der Waals surface area contributed by atoms with Gasteiger partial charge in [0, 0.05) is 5.71 Å². The largest absolute Gasteiger partial charge is 0.253 e. The number of rotatable bonds is 6. The Morgan fingerprint density at radius 3 is 2.30 bits per heavy atom. The highest BCUT2D eigenvalue weighted by molar-refractivity contribution is 5.99. The summed E-state index contributed by atoms with van der Waals surface area (Å²) in [4.78, 5) is 4.77. The van der Waals surface area contributed by atoms with Gasteiger partial charge < -0.3 is 0 Å². The van der Waals surface area contributed by atoms with Crippen molar-refractivity contribution in [1.29, 1.82) is 0 Å². The smallest absolute Gasteiger partial charge is 0.0630 e. The average Bonchev–Trinajstić information content (AvgIpc) is 3.14. The summed E-state index contributed by atoms with van der Waals surface area (Å²) in [6, 6.07) is 18.9. The molecule has 0 amide bonds.